The summed E-state index contributed by atoms with van der Waals surface area (Å²) in [6.45, 7) is 3.85. The van der Waals surface area contributed by atoms with E-state index in [1.165, 1.54) is 0 Å². The van der Waals surface area contributed by atoms with Crippen LogP contribution in [0, 0.1) is 0 Å². The van der Waals surface area contributed by atoms with Crippen molar-refractivity contribution in [2.45, 2.75) is 38.3 Å². The normalized spacial score (nSPS) is 24.7. The van der Waals surface area contributed by atoms with E-state index in [9.17, 15) is 4.79 Å². The van der Waals surface area contributed by atoms with Crippen LogP contribution in [0.25, 0.3) is 0 Å². The molecule has 1 saturated heterocycles. The molecule has 1 aliphatic rings. The quantitative estimate of drug-likeness (QED) is 0.737. The summed E-state index contributed by atoms with van der Waals surface area (Å²) >= 11 is 0. The lowest BCUT2D eigenvalue weighted by atomic mass is 10.1. The van der Waals surface area contributed by atoms with Crippen LogP contribution in [0.4, 0.5) is 0 Å². The molecule has 4 nitrogen and oxygen atoms in total. The molecule has 1 N–H and O–H groups in total. The largest absolute Gasteiger partial charge is 0.480 e. The molecule has 2 atom stereocenters. The molecule has 88 valence electrons. The van der Waals surface area contributed by atoms with Crippen LogP contribution >= 0.6 is 0 Å². The van der Waals surface area contributed by atoms with Crippen molar-refractivity contribution in [1.82, 2.24) is 9.80 Å². The van der Waals surface area contributed by atoms with Crippen LogP contribution in [0.1, 0.15) is 26.2 Å². The summed E-state index contributed by atoms with van der Waals surface area (Å²) in [6, 6.07) is 0.239. The highest BCUT2D eigenvalue weighted by Crippen LogP contribution is 2.18. The van der Waals surface area contributed by atoms with Crippen LogP contribution in [0.2, 0.25) is 0 Å². The van der Waals surface area contributed by atoms with Crippen molar-refractivity contribution < 1.29 is 9.90 Å². The Labute approximate surface area is 91.9 Å². The lowest BCUT2D eigenvalue weighted by Crippen LogP contribution is -2.41. The fourth-order valence-electron chi connectivity index (χ4n) is 2.21. The van der Waals surface area contributed by atoms with Crippen molar-refractivity contribution in [1.29, 1.82) is 0 Å². The molecule has 1 aliphatic heterocycles. The van der Waals surface area contributed by atoms with E-state index in [2.05, 4.69) is 23.9 Å². The van der Waals surface area contributed by atoms with E-state index in [0.29, 0.717) is 6.04 Å². The van der Waals surface area contributed by atoms with E-state index in [1.807, 2.05) is 6.92 Å². The van der Waals surface area contributed by atoms with Gasteiger partial charge in [-0.05, 0) is 26.9 Å². The Bertz CT molecular complexity index is 219. The molecule has 4 heteroatoms. The molecule has 0 radical (unpaired) electrons. The molecule has 2 unspecified atom stereocenters. The van der Waals surface area contributed by atoms with Gasteiger partial charge >= 0.3 is 5.97 Å². The highest BCUT2D eigenvalue weighted by molar-refractivity contribution is 5.73. The molecule has 1 rings (SSSR count). The molecule has 0 amide bonds. The van der Waals surface area contributed by atoms with E-state index >= 15 is 0 Å². The predicted molar refractivity (Wildman–Crippen MR) is 60.0 cm³/mol. The van der Waals surface area contributed by atoms with Gasteiger partial charge in [-0.15, -0.1) is 0 Å². The van der Waals surface area contributed by atoms with Crippen LogP contribution in [0.3, 0.4) is 0 Å². The van der Waals surface area contributed by atoms with Crippen molar-refractivity contribution in [3.63, 3.8) is 0 Å². The molecule has 0 aromatic carbocycles. The second-order valence-corrected chi connectivity index (χ2v) is 4.54. The molecule has 1 heterocycles. The van der Waals surface area contributed by atoms with Crippen molar-refractivity contribution in [3.05, 3.63) is 0 Å². The molecule has 0 aromatic rings. The lowest BCUT2D eigenvalue weighted by Gasteiger charge is -2.25. The fraction of sp³-hybridized carbons (Fsp3) is 0.909. The second-order valence-electron chi connectivity index (χ2n) is 4.54. The number of likely N-dealkylation sites (tertiary alicyclic amines) is 1. The van der Waals surface area contributed by atoms with Crippen molar-refractivity contribution in [3.8, 4) is 0 Å². The minimum absolute atomic E-state index is 0.278. The Morgan fingerprint density at radius 2 is 2.27 bits per heavy atom. The zero-order chi connectivity index (χ0) is 11.4. The summed E-state index contributed by atoms with van der Waals surface area (Å²) in [5.41, 5.74) is 0. The molecule has 0 bridgehead atoms. The highest BCUT2D eigenvalue weighted by Gasteiger charge is 2.32. The Balaban J connectivity index is 2.52. The predicted octanol–water partition coefficient (Wildman–Crippen LogP) is 0.876. The molecule has 0 spiro atoms. The van der Waals surface area contributed by atoms with Gasteiger partial charge < -0.3 is 10.0 Å². The zero-order valence-corrected chi connectivity index (χ0v) is 9.94. The average molecular weight is 214 g/mol. The molecule has 0 aliphatic carbocycles. The van der Waals surface area contributed by atoms with E-state index in [0.717, 1.165) is 32.4 Å². The van der Waals surface area contributed by atoms with Gasteiger partial charge in [0.1, 0.15) is 6.04 Å². The van der Waals surface area contributed by atoms with Crippen molar-refractivity contribution >= 4 is 5.97 Å². The Morgan fingerprint density at radius 1 is 1.60 bits per heavy atom. The second kappa shape index (κ2) is 5.47. The third-order valence-corrected chi connectivity index (χ3v) is 3.21. The van der Waals surface area contributed by atoms with E-state index in [-0.39, 0.29) is 6.04 Å². The number of hydrogen-bond acceptors (Lipinski definition) is 3. The molecule has 15 heavy (non-hydrogen) atoms. The van der Waals surface area contributed by atoms with Crippen molar-refractivity contribution in [2.75, 3.05) is 27.2 Å². The molecule has 0 saturated carbocycles. The summed E-state index contributed by atoms with van der Waals surface area (Å²) in [6.07, 6.45) is 2.77. The van der Waals surface area contributed by atoms with Gasteiger partial charge in [0.05, 0.1) is 0 Å². The van der Waals surface area contributed by atoms with Gasteiger partial charge in [-0.25, -0.2) is 0 Å². The number of rotatable bonds is 5. The fourth-order valence-corrected chi connectivity index (χ4v) is 2.21. The maximum atomic E-state index is 11.1. The minimum Gasteiger partial charge on any atom is -0.480 e. The first-order valence-electron chi connectivity index (χ1n) is 5.69. The van der Waals surface area contributed by atoms with Crippen LogP contribution in [-0.2, 0) is 4.79 Å². The van der Waals surface area contributed by atoms with Crippen LogP contribution in [0.15, 0.2) is 0 Å². The van der Waals surface area contributed by atoms with Gasteiger partial charge in [0.15, 0.2) is 0 Å². The lowest BCUT2D eigenvalue weighted by molar-refractivity contribution is -0.143. The number of aliphatic carboxylic acids is 1. The summed E-state index contributed by atoms with van der Waals surface area (Å²) in [5, 5.41) is 9.13. The topological polar surface area (TPSA) is 43.8 Å². The smallest absolute Gasteiger partial charge is 0.320 e. The van der Waals surface area contributed by atoms with Crippen LogP contribution in [0.5, 0.6) is 0 Å². The van der Waals surface area contributed by atoms with Gasteiger partial charge in [-0.1, -0.05) is 13.3 Å². The van der Waals surface area contributed by atoms with Crippen LogP contribution in [-0.4, -0.2) is 60.1 Å². The number of likely N-dealkylation sites (N-methyl/N-ethyl adjacent to an activating group) is 1. The Morgan fingerprint density at radius 3 is 2.67 bits per heavy atom. The summed E-state index contributed by atoms with van der Waals surface area (Å²) in [5.74, 6) is -0.670. The maximum Gasteiger partial charge on any atom is 0.320 e. The first-order chi connectivity index (χ1) is 7.06. The highest BCUT2D eigenvalue weighted by atomic mass is 16.4. The number of carbonyl (C=O) groups is 1. The number of carboxylic acids is 1. The SMILES string of the molecule is CCCC(C(=O)O)N1CCC(N(C)C)C1. The number of carboxylic acid groups (broad SMARTS) is 1. The monoisotopic (exact) mass is 214 g/mol. The molecular formula is C11H22N2O2. The standard InChI is InChI=1S/C11H22N2O2/c1-4-5-10(11(14)15)13-7-6-9(8-13)12(2)3/h9-10H,4-8H2,1-3H3,(H,14,15). The summed E-state index contributed by atoms with van der Waals surface area (Å²) < 4.78 is 0. The Kier molecular flexibility index (Phi) is 4.54. The number of nitrogens with zero attached hydrogens (tertiary/aromatic N) is 2. The summed E-state index contributed by atoms with van der Waals surface area (Å²) in [7, 11) is 4.12. The van der Waals surface area contributed by atoms with Crippen molar-refractivity contribution in [2.24, 2.45) is 0 Å². The minimum atomic E-state index is -0.670. The summed E-state index contributed by atoms with van der Waals surface area (Å²) in [4.78, 5) is 15.4. The van der Waals surface area contributed by atoms with Gasteiger partial charge in [0, 0.05) is 19.1 Å². The maximum absolute atomic E-state index is 11.1. The van der Waals surface area contributed by atoms with Gasteiger partial charge in [0.25, 0.3) is 0 Å². The van der Waals surface area contributed by atoms with Gasteiger partial charge in [-0.2, -0.15) is 0 Å². The van der Waals surface area contributed by atoms with Gasteiger partial charge in [-0.3, -0.25) is 9.69 Å². The first kappa shape index (κ1) is 12.5. The average Bonchev–Trinajstić information content (AvgIpc) is 2.62. The third-order valence-electron chi connectivity index (χ3n) is 3.21. The molecule has 0 aromatic heterocycles. The zero-order valence-electron chi connectivity index (χ0n) is 9.94. The van der Waals surface area contributed by atoms with E-state index in [1.54, 1.807) is 0 Å². The first-order valence-corrected chi connectivity index (χ1v) is 5.69. The third kappa shape index (κ3) is 3.18. The van der Waals surface area contributed by atoms with E-state index in [4.69, 9.17) is 5.11 Å². The molecular weight excluding hydrogens is 192 g/mol. The van der Waals surface area contributed by atoms with Crippen LogP contribution < -0.4 is 0 Å². The number of hydrogen-bond donors (Lipinski definition) is 1. The Hall–Kier alpha value is -0.610. The van der Waals surface area contributed by atoms with E-state index < -0.39 is 5.97 Å². The van der Waals surface area contributed by atoms with Gasteiger partial charge in [0.2, 0.25) is 0 Å². The molecule has 1 fully saturated rings.